The van der Waals surface area contributed by atoms with Gasteiger partial charge in [-0.15, -0.1) is 0 Å². The largest absolute Gasteiger partial charge is 0.457 e. The van der Waals surface area contributed by atoms with Crippen LogP contribution in [-0.2, 0) is 29.7 Å². The van der Waals surface area contributed by atoms with E-state index in [0.717, 1.165) is 69.7 Å². The fourth-order valence-corrected chi connectivity index (χ4v) is 10.5. The molecule has 312 valence electrons. The highest BCUT2D eigenvalue weighted by Gasteiger charge is 2.43. The summed E-state index contributed by atoms with van der Waals surface area (Å²) in [7, 11) is -2.30. The van der Waals surface area contributed by atoms with Crippen molar-refractivity contribution in [3.63, 3.8) is 0 Å². The molecular formula is C49H53N3O7S. The lowest BCUT2D eigenvalue weighted by atomic mass is 9.69. The summed E-state index contributed by atoms with van der Waals surface area (Å²) in [6, 6.07) is 38.3. The van der Waals surface area contributed by atoms with Gasteiger partial charge >= 0.3 is 6.09 Å². The molecule has 5 aromatic rings. The Morgan fingerprint density at radius 2 is 1.40 bits per heavy atom. The van der Waals surface area contributed by atoms with Crippen molar-refractivity contribution in [2.45, 2.75) is 67.7 Å². The van der Waals surface area contributed by atoms with Crippen LogP contribution < -0.4 is 14.8 Å². The summed E-state index contributed by atoms with van der Waals surface area (Å²) in [4.78, 5) is 30.3. The number of likely N-dealkylation sites (tertiary alicyclic amines) is 1. The van der Waals surface area contributed by atoms with Crippen LogP contribution in [0.2, 0.25) is 0 Å². The minimum absolute atomic E-state index is 0.0469. The third-order valence-electron chi connectivity index (χ3n) is 12.4. The molecule has 11 heteroatoms. The first kappa shape index (κ1) is 41.3. The molecule has 5 aromatic carbocycles. The van der Waals surface area contributed by atoms with E-state index in [1.165, 1.54) is 4.90 Å². The molecule has 8 rings (SSSR count). The van der Waals surface area contributed by atoms with Crippen molar-refractivity contribution >= 4 is 22.0 Å². The van der Waals surface area contributed by atoms with Gasteiger partial charge in [-0.3, -0.25) is 4.79 Å². The third kappa shape index (κ3) is 8.31. The van der Waals surface area contributed by atoms with Gasteiger partial charge in [0.15, 0.2) is 0 Å². The molecule has 2 atom stereocenters. The van der Waals surface area contributed by atoms with Crippen molar-refractivity contribution < 1.29 is 32.2 Å². The number of methoxy groups -OCH3 is 1. The SMILES string of the molecule is COCCCCC1(CNC(=O)[C@H]2C[C@@H](NS(=O)(=O)c3ccc(C(C)C)cc3)CN(C(=O)OCC3c4ccccc4-c4ccccc43)C2)c2ccccc2Oc2ccccc21. The van der Waals surface area contributed by atoms with Crippen LogP contribution in [0.3, 0.4) is 0 Å². The lowest BCUT2D eigenvalue weighted by molar-refractivity contribution is -0.127. The van der Waals surface area contributed by atoms with Crippen LogP contribution in [0.15, 0.2) is 126 Å². The highest BCUT2D eigenvalue weighted by Crippen LogP contribution is 2.50. The van der Waals surface area contributed by atoms with E-state index in [-0.39, 0.29) is 55.3 Å². The lowest BCUT2D eigenvalue weighted by Crippen LogP contribution is -2.56. The third-order valence-corrected chi connectivity index (χ3v) is 13.9. The van der Waals surface area contributed by atoms with Gasteiger partial charge in [-0.2, -0.15) is 0 Å². The van der Waals surface area contributed by atoms with Gasteiger partial charge < -0.3 is 24.4 Å². The number of nitrogens with zero attached hydrogens (tertiary/aromatic N) is 1. The van der Waals surface area contributed by atoms with Gasteiger partial charge in [0.05, 0.1) is 10.8 Å². The van der Waals surface area contributed by atoms with Gasteiger partial charge in [0.2, 0.25) is 15.9 Å². The van der Waals surface area contributed by atoms with Gasteiger partial charge in [0, 0.05) is 61.9 Å². The molecule has 0 saturated carbocycles. The molecule has 1 aliphatic carbocycles. The number of amides is 2. The minimum atomic E-state index is -4.00. The Labute approximate surface area is 353 Å². The molecule has 0 spiro atoms. The first-order chi connectivity index (χ1) is 29.1. The number of ether oxygens (including phenoxy) is 3. The number of hydrogen-bond acceptors (Lipinski definition) is 7. The zero-order valence-electron chi connectivity index (χ0n) is 34.4. The topological polar surface area (TPSA) is 123 Å². The van der Waals surface area contributed by atoms with E-state index < -0.39 is 33.5 Å². The molecule has 60 heavy (non-hydrogen) atoms. The molecule has 2 aliphatic heterocycles. The van der Waals surface area contributed by atoms with Gasteiger partial charge in [0.25, 0.3) is 0 Å². The van der Waals surface area contributed by atoms with Crippen LogP contribution in [0.4, 0.5) is 4.79 Å². The van der Waals surface area contributed by atoms with E-state index in [9.17, 15) is 18.0 Å². The Morgan fingerprint density at radius 1 is 0.800 bits per heavy atom. The fourth-order valence-electron chi connectivity index (χ4n) is 9.30. The number of piperidine rings is 1. The van der Waals surface area contributed by atoms with Gasteiger partial charge in [0.1, 0.15) is 18.1 Å². The summed E-state index contributed by atoms with van der Waals surface area (Å²) >= 11 is 0. The zero-order valence-corrected chi connectivity index (χ0v) is 35.3. The molecule has 10 nitrogen and oxygen atoms in total. The number of rotatable bonds is 14. The van der Waals surface area contributed by atoms with E-state index in [0.29, 0.717) is 6.61 Å². The highest BCUT2D eigenvalue weighted by atomic mass is 32.2. The zero-order chi connectivity index (χ0) is 41.9. The van der Waals surface area contributed by atoms with E-state index >= 15 is 0 Å². The quantitative estimate of drug-likeness (QED) is 0.107. The van der Waals surface area contributed by atoms with Crippen LogP contribution in [0, 0.1) is 5.92 Å². The predicted molar refractivity (Wildman–Crippen MR) is 232 cm³/mol. The van der Waals surface area contributed by atoms with Crippen molar-refractivity contribution in [2.75, 3.05) is 40.0 Å². The molecule has 0 aromatic heterocycles. The van der Waals surface area contributed by atoms with Crippen molar-refractivity contribution in [1.29, 1.82) is 0 Å². The van der Waals surface area contributed by atoms with E-state index in [1.54, 1.807) is 19.2 Å². The average Bonchev–Trinajstić information content (AvgIpc) is 3.59. The van der Waals surface area contributed by atoms with Crippen LogP contribution >= 0.6 is 0 Å². The number of fused-ring (bicyclic) bond motifs is 5. The molecule has 1 fully saturated rings. The summed E-state index contributed by atoms with van der Waals surface area (Å²) in [6.45, 7) is 5.22. The smallest absolute Gasteiger partial charge is 0.409 e. The first-order valence-corrected chi connectivity index (χ1v) is 22.4. The minimum Gasteiger partial charge on any atom is -0.457 e. The van der Waals surface area contributed by atoms with Gasteiger partial charge in [-0.1, -0.05) is 111 Å². The number of carbonyl (C=O) groups excluding carboxylic acids is 2. The monoisotopic (exact) mass is 827 g/mol. The molecule has 2 amide bonds. The van der Waals surface area contributed by atoms with Gasteiger partial charge in [-0.05, 0) is 83.7 Å². The number of unbranched alkanes of at least 4 members (excludes halogenated alkanes) is 1. The van der Waals surface area contributed by atoms with Crippen LogP contribution in [-0.4, -0.2) is 71.3 Å². The number of hydrogen-bond donors (Lipinski definition) is 2. The molecular weight excluding hydrogens is 775 g/mol. The Morgan fingerprint density at radius 3 is 2.02 bits per heavy atom. The van der Waals surface area contributed by atoms with Crippen molar-refractivity contribution in [3.8, 4) is 22.6 Å². The molecule has 2 N–H and O–H groups in total. The Kier molecular flexibility index (Phi) is 12.1. The molecule has 3 aliphatic rings. The average molecular weight is 828 g/mol. The molecule has 1 saturated heterocycles. The normalized spacial score (nSPS) is 17.8. The summed E-state index contributed by atoms with van der Waals surface area (Å²) in [5, 5.41) is 3.29. The lowest BCUT2D eigenvalue weighted by Gasteiger charge is -2.41. The highest BCUT2D eigenvalue weighted by molar-refractivity contribution is 7.89. The maximum absolute atomic E-state index is 14.6. The first-order valence-electron chi connectivity index (χ1n) is 20.9. The van der Waals surface area contributed by atoms with Gasteiger partial charge in [-0.25, -0.2) is 17.9 Å². The maximum atomic E-state index is 14.6. The summed E-state index contributed by atoms with van der Waals surface area (Å²) < 4.78 is 48.4. The number of sulfonamides is 1. The standard InChI is InChI=1S/C49H53N3O7S/c1-33(2)34-22-24-37(25-23-34)60(55,56)51-36-28-35(29-52(30-36)48(54)58-31-42-40-16-6-4-14-38(40)39-15-5-7-17-41(39)42)47(53)50-32-49(26-12-13-27-57-3)43-18-8-10-20-45(43)59-46-21-11-9-19-44(46)49/h4-11,14-25,33,35-36,42,51H,12-13,26-32H2,1-3H3,(H,50,53)/t35-,36+/m0/s1. The van der Waals surface area contributed by atoms with Crippen LogP contribution in [0.5, 0.6) is 11.5 Å². The molecule has 0 bridgehead atoms. The van der Waals surface area contributed by atoms with Crippen molar-refractivity contribution in [2.24, 2.45) is 5.92 Å². The fraction of sp³-hybridized carbons (Fsp3) is 0.347. The van der Waals surface area contributed by atoms with Crippen LogP contribution in [0.25, 0.3) is 11.1 Å². The number of para-hydroxylation sites is 2. The summed E-state index contributed by atoms with van der Waals surface area (Å²) in [6.07, 6.45) is 2.01. The van der Waals surface area contributed by atoms with Crippen LogP contribution in [0.1, 0.15) is 79.2 Å². The number of carbonyl (C=O) groups is 2. The Balaban J connectivity index is 1.05. The maximum Gasteiger partial charge on any atom is 0.409 e. The second kappa shape index (κ2) is 17.6. The summed E-state index contributed by atoms with van der Waals surface area (Å²) in [5.41, 5.74) is 6.79. The predicted octanol–water partition coefficient (Wildman–Crippen LogP) is 8.75. The Hall–Kier alpha value is -5.49. The van der Waals surface area contributed by atoms with E-state index in [1.807, 2.05) is 72.8 Å². The second-order valence-electron chi connectivity index (χ2n) is 16.5. The van der Waals surface area contributed by atoms with Crippen molar-refractivity contribution in [1.82, 2.24) is 14.9 Å². The second-order valence-corrected chi connectivity index (χ2v) is 18.2. The van der Waals surface area contributed by atoms with E-state index in [2.05, 4.69) is 60.3 Å². The number of nitrogens with one attached hydrogen (secondary N) is 2. The number of benzene rings is 5. The Bertz CT molecular complexity index is 2360. The van der Waals surface area contributed by atoms with E-state index in [4.69, 9.17) is 14.2 Å². The molecule has 2 heterocycles. The summed E-state index contributed by atoms with van der Waals surface area (Å²) in [5.74, 6) is 0.573. The van der Waals surface area contributed by atoms with Crippen molar-refractivity contribution in [3.05, 3.63) is 149 Å². The molecule has 0 radical (unpaired) electrons. The molecule has 0 unspecified atom stereocenters.